The fourth-order valence-corrected chi connectivity index (χ4v) is 4.47. The quantitative estimate of drug-likeness (QED) is 0.375. The summed E-state index contributed by atoms with van der Waals surface area (Å²) in [5, 5.41) is 17.8. The van der Waals surface area contributed by atoms with Crippen LogP contribution in [0.25, 0.3) is 0 Å². The smallest absolute Gasteiger partial charge is 0.416 e. The second-order valence-electron chi connectivity index (χ2n) is 10.8. The van der Waals surface area contributed by atoms with Crippen molar-refractivity contribution in [1.82, 2.24) is 15.1 Å². The molecule has 42 heavy (non-hydrogen) atoms. The maximum Gasteiger partial charge on any atom is 0.416 e. The highest BCUT2D eigenvalue weighted by molar-refractivity contribution is 6.00. The molecule has 4 N–H and O–H groups in total. The van der Waals surface area contributed by atoms with Crippen LogP contribution in [0.5, 0.6) is 5.75 Å². The van der Waals surface area contributed by atoms with E-state index in [1.165, 1.54) is 4.90 Å². The number of benzene rings is 2. The number of fused-ring (bicyclic) bond motifs is 1. The summed E-state index contributed by atoms with van der Waals surface area (Å²) in [6.45, 7) is 7.65. The van der Waals surface area contributed by atoms with Crippen molar-refractivity contribution in [2.75, 3.05) is 37.4 Å². The molecule has 5 amide bonds. The molecular formula is C29H38F3N5O5. The van der Waals surface area contributed by atoms with Crippen molar-refractivity contribution in [3.63, 3.8) is 0 Å². The Morgan fingerprint density at radius 2 is 1.71 bits per heavy atom. The number of nitrogens with zero attached hydrogens (tertiary/aromatic N) is 2. The van der Waals surface area contributed by atoms with Crippen molar-refractivity contribution in [2.24, 2.45) is 5.92 Å². The Bertz CT molecular complexity index is 1260. The highest BCUT2D eigenvalue weighted by atomic mass is 19.4. The summed E-state index contributed by atoms with van der Waals surface area (Å²) in [5.41, 5.74) is 0.141. The lowest BCUT2D eigenvalue weighted by Gasteiger charge is -2.34. The monoisotopic (exact) mass is 593 g/mol. The summed E-state index contributed by atoms with van der Waals surface area (Å²) in [4.78, 5) is 41.6. The summed E-state index contributed by atoms with van der Waals surface area (Å²) in [6, 6.07) is 7.35. The van der Waals surface area contributed by atoms with Gasteiger partial charge in [-0.15, -0.1) is 0 Å². The first kappa shape index (κ1) is 32.5. The summed E-state index contributed by atoms with van der Waals surface area (Å²) < 4.78 is 44.8. The first-order valence-corrected chi connectivity index (χ1v) is 13.6. The van der Waals surface area contributed by atoms with Gasteiger partial charge in [0.05, 0.1) is 31.2 Å². The average molecular weight is 594 g/mol. The molecule has 2 aromatic carbocycles. The van der Waals surface area contributed by atoms with E-state index >= 15 is 0 Å². The van der Waals surface area contributed by atoms with E-state index in [1.54, 1.807) is 37.1 Å². The zero-order valence-corrected chi connectivity index (χ0v) is 24.3. The van der Waals surface area contributed by atoms with Crippen LogP contribution in [0, 0.1) is 5.92 Å². The molecule has 0 aromatic heterocycles. The Morgan fingerprint density at radius 1 is 1.10 bits per heavy atom. The molecule has 0 aliphatic carbocycles. The summed E-state index contributed by atoms with van der Waals surface area (Å²) >= 11 is 0. The minimum atomic E-state index is -4.49. The molecule has 0 spiro atoms. The Labute approximate surface area is 243 Å². The van der Waals surface area contributed by atoms with Gasteiger partial charge in [-0.3, -0.25) is 4.79 Å². The van der Waals surface area contributed by atoms with Gasteiger partial charge in [0.15, 0.2) is 0 Å². The lowest BCUT2D eigenvalue weighted by Crippen LogP contribution is -2.49. The highest BCUT2D eigenvalue weighted by Crippen LogP contribution is 2.31. The molecule has 1 aliphatic heterocycles. The van der Waals surface area contributed by atoms with E-state index in [-0.39, 0.29) is 49.2 Å². The highest BCUT2D eigenvalue weighted by Gasteiger charge is 2.32. The summed E-state index contributed by atoms with van der Waals surface area (Å²) in [6.07, 6.45) is -5.07. The number of carbonyl (C=O) groups is 3. The van der Waals surface area contributed by atoms with E-state index in [2.05, 4.69) is 16.0 Å². The number of nitrogens with one attached hydrogen (secondary N) is 3. The van der Waals surface area contributed by atoms with Crippen LogP contribution < -0.4 is 20.7 Å². The van der Waals surface area contributed by atoms with Crippen LogP contribution in [0.1, 0.15) is 38.8 Å². The van der Waals surface area contributed by atoms with Crippen molar-refractivity contribution in [3.05, 3.63) is 53.6 Å². The Balaban J connectivity index is 1.84. The Morgan fingerprint density at radius 3 is 2.31 bits per heavy atom. The standard InChI is InChI=1S/C29H38F3N5O5/c1-17(2)33-28(41)36(5)15-25-18(3)14-37(19(4)16-38)26(39)13-20-12-23(10-11-24(20)42-25)35-27(40)34-22-8-6-21(7-9-22)29(30,31)32/h6-12,17-19,25,38H,13-16H2,1-5H3,(H,33,41)(H2,34,35,40)/t18-,19+,25-/m0/s1. The maximum absolute atomic E-state index is 13.4. The van der Waals surface area contributed by atoms with Gasteiger partial charge >= 0.3 is 18.2 Å². The van der Waals surface area contributed by atoms with Crippen LogP contribution in [-0.2, 0) is 17.4 Å². The SMILES string of the molecule is CC(C)NC(=O)N(C)C[C@@H]1Oc2ccc(NC(=O)Nc3ccc(C(F)(F)F)cc3)cc2CC(=O)N([C@H](C)CO)C[C@@H]1C. The number of anilines is 2. The molecule has 0 unspecified atom stereocenters. The molecule has 230 valence electrons. The number of alkyl halides is 3. The van der Waals surface area contributed by atoms with Gasteiger partial charge in [-0.05, 0) is 63.2 Å². The molecule has 0 radical (unpaired) electrons. The number of likely N-dealkylation sites (N-methyl/N-ethyl adjacent to an activating group) is 1. The molecule has 0 fully saturated rings. The summed E-state index contributed by atoms with van der Waals surface area (Å²) in [7, 11) is 1.66. The zero-order chi connectivity index (χ0) is 31.2. The first-order chi connectivity index (χ1) is 19.7. The van der Waals surface area contributed by atoms with Crippen molar-refractivity contribution < 1.29 is 37.4 Å². The van der Waals surface area contributed by atoms with E-state index in [9.17, 15) is 32.7 Å². The largest absolute Gasteiger partial charge is 0.488 e. The number of urea groups is 2. The topological polar surface area (TPSA) is 123 Å². The lowest BCUT2D eigenvalue weighted by atomic mass is 10.0. The summed E-state index contributed by atoms with van der Waals surface area (Å²) in [5.74, 6) is -0.0493. The van der Waals surface area contributed by atoms with Gasteiger partial charge in [-0.1, -0.05) is 6.92 Å². The third kappa shape index (κ3) is 8.75. The second-order valence-corrected chi connectivity index (χ2v) is 10.8. The minimum Gasteiger partial charge on any atom is -0.488 e. The van der Waals surface area contributed by atoms with Gasteiger partial charge in [0, 0.05) is 42.5 Å². The molecular weight excluding hydrogens is 555 g/mol. The van der Waals surface area contributed by atoms with Crippen molar-refractivity contribution in [3.8, 4) is 5.75 Å². The molecule has 0 saturated carbocycles. The van der Waals surface area contributed by atoms with Crippen molar-refractivity contribution in [2.45, 2.75) is 58.5 Å². The molecule has 10 nitrogen and oxygen atoms in total. The molecule has 3 atom stereocenters. The maximum atomic E-state index is 13.4. The molecule has 1 heterocycles. The van der Waals surface area contributed by atoms with Crippen LogP contribution in [-0.4, -0.2) is 77.8 Å². The molecule has 0 bridgehead atoms. The van der Waals surface area contributed by atoms with E-state index in [0.29, 0.717) is 23.5 Å². The number of amides is 5. The number of aliphatic hydroxyl groups excluding tert-OH is 1. The number of ether oxygens (including phenoxy) is 1. The molecule has 3 rings (SSSR count). The number of rotatable bonds is 7. The predicted molar refractivity (Wildman–Crippen MR) is 152 cm³/mol. The fraction of sp³-hybridized carbons (Fsp3) is 0.483. The predicted octanol–water partition coefficient (Wildman–Crippen LogP) is 4.55. The third-order valence-corrected chi connectivity index (χ3v) is 6.86. The number of aliphatic hydroxyl groups is 1. The molecule has 13 heteroatoms. The first-order valence-electron chi connectivity index (χ1n) is 13.6. The van der Waals surface area contributed by atoms with E-state index < -0.39 is 29.9 Å². The Hall–Kier alpha value is -4.00. The lowest BCUT2D eigenvalue weighted by molar-refractivity contribution is -0.137. The van der Waals surface area contributed by atoms with Gasteiger partial charge in [0.25, 0.3) is 0 Å². The van der Waals surface area contributed by atoms with Crippen LogP contribution in [0.3, 0.4) is 0 Å². The van der Waals surface area contributed by atoms with Gasteiger partial charge < -0.3 is 35.6 Å². The van der Waals surface area contributed by atoms with Crippen LogP contribution in [0.15, 0.2) is 42.5 Å². The average Bonchev–Trinajstić information content (AvgIpc) is 2.95. The molecule has 0 saturated heterocycles. The van der Waals surface area contributed by atoms with Gasteiger partial charge in [-0.2, -0.15) is 13.2 Å². The van der Waals surface area contributed by atoms with E-state index in [0.717, 1.165) is 24.3 Å². The van der Waals surface area contributed by atoms with Gasteiger partial charge in [-0.25, -0.2) is 9.59 Å². The minimum absolute atomic E-state index is 0.0551. The fourth-order valence-electron chi connectivity index (χ4n) is 4.47. The number of hydrogen-bond acceptors (Lipinski definition) is 5. The van der Waals surface area contributed by atoms with E-state index in [1.807, 2.05) is 20.8 Å². The zero-order valence-electron chi connectivity index (χ0n) is 24.3. The third-order valence-electron chi connectivity index (χ3n) is 6.86. The van der Waals surface area contributed by atoms with E-state index in [4.69, 9.17) is 4.74 Å². The van der Waals surface area contributed by atoms with Crippen LogP contribution >= 0.6 is 0 Å². The Kier molecular flexibility index (Phi) is 10.7. The van der Waals surface area contributed by atoms with Crippen LogP contribution in [0.4, 0.5) is 34.1 Å². The van der Waals surface area contributed by atoms with Crippen molar-refractivity contribution >= 4 is 29.3 Å². The molecule has 1 aliphatic rings. The number of halogens is 3. The van der Waals surface area contributed by atoms with Crippen LogP contribution in [0.2, 0.25) is 0 Å². The normalized spacial score (nSPS) is 18.1. The molecule has 2 aromatic rings. The van der Waals surface area contributed by atoms with Gasteiger partial charge in [0.2, 0.25) is 5.91 Å². The second kappa shape index (κ2) is 13.8. The van der Waals surface area contributed by atoms with Gasteiger partial charge in [0.1, 0.15) is 11.9 Å². The number of carbonyl (C=O) groups excluding carboxylic acids is 3. The number of hydrogen-bond donors (Lipinski definition) is 4. The van der Waals surface area contributed by atoms with Crippen molar-refractivity contribution in [1.29, 1.82) is 0 Å².